The quantitative estimate of drug-likeness (QED) is 0.791. The van der Waals surface area contributed by atoms with Crippen molar-refractivity contribution in [1.29, 1.82) is 0 Å². The van der Waals surface area contributed by atoms with Gasteiger partial charge in [-0.25, -0.2) is 0 Å². The highest BCUT2D eigenvalue weighted by Crippen LogP contribution is 2.35. The van der Waals surface area contributed by atoms with Crippen LogP contribution in [0.3, 0.4) is 0 Å². The Morgan fingerprint density at radius 1 is 1.18 bits per heavy atom. The first-order valence-corrected chi connectivity index (χ1v) is 7.18. The molecule has 22 heavy (non-hydrogen) atoms. The second kappa shape index (κ2) is 5.23. The van der Waals surface area contributed by atoms with Gasteiger partial charge in [-0.1, -0.05) is 6.08 Å². The molecule has 2 N–H and O–H groups in total. The van der Waals surface area contributed by atoms with Crippen LogP contribution < -0.4 is 0 Å². The summed E-state index contributed by atoms with van der Waals surface area (Å²) in [6.45, 7) is 2.74. The van der Waals surface area contributed by atoms with Gasteiger partial charge in [0, 0.05) is 37.0 Å². The van der Waals surface area contributed by atoms with E-state index in [9.17, 15) is 14.7 Å². The van der Waals surface area contributed by atoms with E-state index >= 15 is 0 Å². The maximum atomic E-state index is 12.8. The molecule has 0 atom stereocenters. The van der Waals surface area contributed by atoms with E-state index in [1.54, 1.807) is 24.6 Å². The van der Waals surface area contributed by atoms with E-state index in [1.807, 2.05) is 4.90 Å². The van der Waals surface area contributed by atoms with Crippen molar-refractivity contribution in [2.45, 2.75) is 13.5 Å². The minimum atomic E-state index is -0.334. The van der Waals surface area contributed by atoms with Gasteiger partial charge < -0.3 is 19.7 Å². The number of carbonyl (C=O) groups is 2. The third kappa shape index (κ3) is 1.95. The molecular weight excluding hydrogens is 284 g/mol. The van der Waals surface area contributed by atoms with E-state index in [0.29, 0.717) is 33.8 Å². The number of Topliss-reactive ketones (excluding diaryl/α,β-unsaturated/α-hetero) is 2. The SMILES string of the molecule is CC1=C(N2CC2)C(=O)c2c(CO)c(/C=C/CO)n(C)c2C1=O. The molecule has 1 saturated heterocycles. The Balaban J connectivity index is 2.24. The Labute approximate surface area is 128 Å². The Kier molecular flexibility index (Phi) is 3.50. The fraction of sp³-hybridized carbons (Fsp3) is 0.375. The van der Waals surface area contributed by atoms with Crippen molar-refractivity contribution in [3.05, 3.63) is 39.9 Å². The summed E-state index contributed by atoms with van der Waals surface area (Å²) in [4.78, 5) is 27.4. The predicted molar refractivity (Wildman–Crippen MR) is 80.4 cm³/mol. The molecule has 0 amide bonds. The first-order valence-electron chi connectivity index (χ1n) is 7.18. The Morgan fingerprint density at radius 3 is 2.41 bits per heavy atom. The number of nitrogens with zero attached hydrogens (tertiary/aromatic N) is 2. The highest BCUT2D eigenvalue weighted by atomic mass is 16.3. The lowest BCUT2D eigenvalue weighted by atomic mass is 9.90. The van der Waals surface area contributed by atoms with Crippen molar-refractivity contribution in [3.8, 4) is 0 Å². The van der Waals surface area contributed by atoms with Crippen LogP contribution >= 0.6 is 0 Å². The number of hydrogen-bond donors (Lipinski definition) is 2. The molecule has 2 aliphatic rings. The van der Waals surface area contributed by atoms with Crippen molar-refractivity contribution in [3.63, 3.8) is 0 Å². The van der Waals surface area contributed by atoms with E-state index in [-0.39, 0.29) is 24.8 Å². The van der Waals surface area contributed by atoms with Gasteiger partial charge in [0.05, 0.1) is 24.5 Å². The zero-order chi connectivity index (χ0) is 16.0. The normalized spacial score (nSPS) is 17.7. The van der Waals surface area contributed by atoms with Crippen LogP contribution in [-0.2, 0) is 13.7 Å². The van der Waals surface area contributed by atoms with Crippen molar-refractivity contribution in [2.75, 3.05) is 19.7 Å². The van der Waals surface area contributed by atoms with E-state index in [2.05, 4.69) is 0 Å². The molecule has 0 aromatic carbocycles. The first-order chi connectivity index (χ1) is 10.5. The van der Waals surface area contributed by atoms with E-state index in [1.165, 1.54) is 6.08 Å². The molecule has 3 rings (SSSR count). The number of allylic oxidation sites excluding steroid dienone is 2. The van der Waals surface area contributed by atoms with Crippen molar-refractivity contribution in [2.24, 2.45) is 7.05 Å². The largest absolute Gasteiger partial charge is 0.392 e. The average molecular weight is 302 g/mol. The van der Waals surface area contributed by atoms with Crippen LogP contribution in [0, 0.1) is 0 Å². The summed E-state index contributed by atoms with van der Waals surface area (Å²) in [5.41, 5.74) is 2.53. The third-order valence-electron chi connectivity index (χ3n) is 4.20. The molecule has 0 bridgehead atoms. The molecule has 1 aromatic rings. The molecule has 1 aliphatic heterocycles. The standard InChI is InChI=1S/C16H18N2O4/c1-9-13(18-5-6-18)16(22)12-10(8-20)11(4-3-7-19)17(2)14(12)15(9)21/h3-4,19-20H,5-8H2,1-2H3/b4-3+. The van der Waals surface area contributed by atoms with Gasteiger partial charge in [0.2, 0.25) is 11.6 Å². The second-order valence-electron chi connectivity index (χ2n) is 5.51. The minimum absolute atomic E-state index is 0.154. The summed E-state index contributed by atoms with van der Waals surface area (Å²) in [6.07, 6.45) is 3.14. The van der Waals surface area contributed by atoms with Gasteiger partial charge in [0.15, 0.2) is 0 Å². The van der Waals surface area contributed by atoms with Gasteiger partial charge in [-0.15, -0.1) is 0 Å². The topological polar surface area (TPSA) is 82.5 Å². The van der Waals surface area contributed by atoms with Crippen LogP contribution in [0.4, 0.5) is 0 Å². The first kappa shape index (κ1) is 14.7. The summed E-state index contributed by atoms with van der Waals surface area (Å²) in [7, 11) is 1.69. The van der Waals surface area contributed by atoms with Gasteiger partial charge >= 0.3 is 0 Å². The molecule has 1 aliphatic carbocycles. The number of aromatic nitrogens is 1. The lowest BCUT2D eigenvalue weighted by Gasteiger charge is -2.19. The summed E-state index contributed by atoms with van der Waals surface area (Å²) >= 11 is 0. The summed E-state index contributed by atoms with van der Waals surface area (Å²) < 4.78 is 1.62. The Bertz CT molecular complexity index is 736. The van der Waals surface area contributed by atoms with Crippen LogP contribution in [0.2, 0.25) is 0 Å². The zero-order valence-corrected chi connectivity index (χ0v) is 12.6. The molecule has 116 valence electrons. The molecule has 6 nitrogen and oxygen atoms in total. The maximum Gasteiger partial charge on any atom is 0.212 e. The number of rotatable bonds is 4. The predicted octanol–water partition coefficient (Wildman–Crippen LogP) is 0.492. The number of aliphatic hydroxyl groups is 2. The summed E-state index contributed by atoms with van der Waals surface area (Å²) in [6, 6.07) is 0. The smallest absolute Gasteiger partial charge is 0.212 e. The number of fused-ring (bicyclic) bond motifs is 1. The Morgan fingerprint density at radius 2 is 1.86 bits per heavy atom. The summed E-state index contributed by atoms with van der Waals surface area (Å²) in [5.74, 6) is -0.384. The monoisotopic (exact) mass is 302 g/mol. The number of hydrogen-bond acceptors (Lipinski definition) is 5. The molecule has 1 aromatic heterocycles. The van der Waals surface area contributed by atoms with E-state index in [4.69, 9.17) is 5.11 Å². The number of aliphatic hydroxyl groups excluding tert-OH is 2. The Hall–Kier alpha value is -2.18. The molecule has 0 saturated carbocycles. The second-order valence-corrected chi connectivity index (χ2v) is 5.51. The fourth-order valence-electron chi connectivity index (χ4n) is 3.04. The average Bonchev–Trinajstić information content (AvgIpc) is 3.28. The lowest BCUT2D eigenvalue weighted by Crippen LogP contribution is -2.26. The third-order valence-corrected chi connectivity index (χ3v) is 4.20. The number of ketones is 2. The molecule has 1 fully saturated rings. The highest BCUT2D eigenvalue weighted by molar-refractivity contribution is 6.27. The fourth-order valence-corrected chi connectivity index (χ4v) is 3.04. The zero-order valence-electron chi connectivity index (χ0n) is 12.6. The van der Waals surface area contributed by atoms with Crippen molar-refractivity contribution < 1.29 is 19.8 Å². The van der Waals surface area contributed by atoms with Crippen LogP contribution in [-0.4, -0.2) is 50.9 Å². The van der Waals surface area contributed by atoms with Crippen LogP contribution in [0.25, 0.3) is 6.08 Å². The van der Waals surface area contributed by atoms with Gasteiger partial charge in [0.25, 0.3) is 0 Å². The minimum Gasteiger partial charge on any atom is -0.392 e. The maximum absolute atomic E-state index is 12.8. The molecule has 2 heterocycles. The van der Waals surface area contributed by atoms with E-state index < -0.39 is 0 Å². The van der Waals surface area contributed by atoms with Crippen molar-refractivity contribution >= 4 is 17.6 Å². The van der Waals surface area contributed by atoms with Gasteiger partial charge in [-0.2, -0.15) is 0 Å². The van der Waals surface area contributed by atoms with Gasteiger partial charge in [-0.05, 0) is 13.0 Å². The lowest BCUT2D eigenvalue weighted by molar-refractivity contribution is 0.0954. The van der Waals surface area contributed by atoms with Crippen LogP contribution in [0.1, 0.15) is 39.0 Å². The molecule has 6 heteroatoms. The molecule has 0 radical (unpaired) electrons. The molecule has 0 unspecified atom stereocenters. The molecule has 0 spiro atoms. The summed E-state index contributed by atoms with van der Waals surface area (Å²) in [5, 5.41) is 18.6. The highest BCUT2D eigenvalue weighted by Gasteiger charge is 2.40. The van der Waals surface area contributed by atoms with Crippen molar-refractivity contribution in [1.82, 2.24) is 9.47 Å². The van der Waals surface area contributed by atoms with Gasteiger partial charge in [-0.3, -0.25) is 9.59 Å². The van der Waals surface area contributed by atoms with E-state index in [0.717, 1.165) is 13.1 Å². The van der Waals surface area contributed by atoms with Crippen LogP contribution in [0.15, 0.2) is 17.3 Å². The molecular formula is C16H18N2O4. The number of carbonyl (C=O) groups excluding carboxylic acids is 2. The van der Waals surface area contributed by atoms with Gasteiger partial charge in [0.1, 0.15) is 5.69 Å². The van der Waals surface area contributed by atoms with Crippen LogP contribution in [0.5, 0.6) is 0 Å².